The van der Waals surface area contributed by atoms with Gasteiger partial charge in [-0.3, -0.25) is 4.79 Å². The second-order valence-corrected chi connectivity index (χ2v) is 4.80. The summed E-state index contributed by atoms with van der Waals surface area (Å²) in [6, 6.07) is 11.2. The highest BCUT2D eigenvalue weighted by Crippen LogP contribution is 2.29. The van der Waals surface area contributed by atoms with Gasteiger partial charge in [-0.05, 0) is 36.4 Å². The quantitative estimate of drug-likeness (QED) is 0.787. The Hall–Kier alpha value is -3.22. The topological polar surface area (TPSA) is 88.7 Å². The first-order valence-corrected chi connectivity index (χ1v) is 7.19. The van der Waals surface area contributed by atoms with Gasteiger partial charge < -0.3 is 25.4 Å². The number of methoxy groups -OCH3 is 2. The highest BCUT2D eigenvalue weighted by Gasteiger charge is 2.09. The lowest BCUT2D eigenvalue weighted by Crippen LogP contribution is -2.20. The number of urea groups is 1. The summed E-state index contributed by atoms with van der Waals surface area (Å²) < 4.78 is 10.3. The molecule has 3 N–H and O–H groups in total. The first kappa shape index (κ1) is 17.1. The number of rotatable bonds is 5. The molecule has 7 heteroatoms. The number of benzene rings is 2. The fourth-order valence-electron chi connectivity index (χ4n) is 2.04. The molecule has 7 nitrogen and oxygen atoms in total. The molecule has 0 saturated carbocycles. The molecular weight excluding hydrogens is 310 g/mol. The molecule has 3 amide bonds. The van der Waals surface area contributed by atoms with E-state index >= 15 is 0 Å². The zero-order valence-corrected chi connectivity index (χ0v) is 13.7. The van der Waals surface area contributed by atoms with Gasteiger partial charge in [-0.1, -0.05) is 0 Å². The Labute approximate surface area is 140 Å². The highest BCUT2D eigenvalue weighted by molar-refractivity contribution is 6.01. The molecule has 0 aliphatic carbocycles. The van der Waals surface area contributed by atoms with E-state index < -0.39 is 6.03 Å². The molecule has 0 spiro atoms. The van der Waals surface area contributed by atoms with E-state index in [1.165, 1.54) is 7.11 Å². The van der Waals surface area contributed by atoms with Gasteiger partial charge in [0, 0.05) is 24.4 Å². The molecule has 2 aromatic rings. The van der Waals surface area contributed by atoms with Crippen LogP contribution in [-0.4, -0.2) is 33.2 Å². The number of carbonyl (C=O) groups is 2. The number of hydrogen-bond acceptors (Lipinski definition) is 4. The molecule has 0 atom stereocenters. The molecule has 0 heterocycles. The zero-order valence-electron chi connectivity index (χ0n) is 13.7. The van der Waals surface area contributed by atoms with E-state index in [0.717, 1.165) is 0 Å². The van der Waals surface area contributed by atoms with Crippen LogP contribution in [0.15, 0.2) is 42.5 Å². The van der Waals surface area contributed by atoms with Crippen molar-refractivity contribution in [2.45, 2.75) is 0 Å². The second kappa shape index (κ2) is 7.87. The number of ether oxygens (including phenoxy) is 2. The molecular formula is C17H19N3O4. The Kier molecular flexibility index (Phi) is 5.62. The number of carbonyl (C=O) groups excluding carboxylic acids is 2. The largest absolute Gasteiger partial charge is 0.497 e. The van der Waals surface area contributed by atoms with Gasteiger partial charge in [0.05, 0.1) is 19.9 Å². The van der Waals surface area contributed by atoms with E-state index in [1.54, 1.807) is 56.6 Å². The normalized spacial score (nSPS) is 9.79. The molecule has 24 heavy (non-hydrogen) atoms. The lowest BCUT2D eigenvalue weighted by molar-refractivity contribution is 0.0963. The minimum absolute atomic E-state index is 0.186. The minimum atomic E-state index is -0.425. The summed E-state index contributed by atoms with van der Waals surface area (Å²) in [5.41, 5.74) is 1.59. The Morgan fingerprint density at radius 2 is 1.62 bits per heavy atom. The van der Waals surface area contributed by atoms with Crippen LogP contribution in [0.1, 0.15) is 10.4 Å². The van der Waals surface area contributed by atoms with Crippen LogP contribution in [0.5, 0.6) is 11.5 Å². The molecule has 126 valence electrons. The van der Waals surface area contributed by atoms with Gasteiger partial charge in [0.15, 0.2) is 0 Å². The van der Waals surface area contributed by atoms with Crippen LogP contribution >= 0.6 is 0 Å². The first-order chi connectivity index (χ1) is 11.6. The molecule has 0 radical (unpaired) electrons. The lowest BCUT2D eigenvalue weighted by atomic mass is 10.2. The van der Waals surface area contributed by atoms with Gasteiger partial charge >= 0.3 is 6.03 Å². The van der Waals surface area contributed by atoms with Crippen molar-refractivity contribution < 1.29 is 19.1 Å². The predicted octanol–water partition coefficient (Wildman–Crippen LogP) is 2.71. The van der Waals surface area contributed by atoms with E-state index in [1.807, 2.05) is 0 Å². The maximum atomic E-state index is 12.1. The summed E-state index contributed by atoms with van der Waals surface area (Å²) in [6.45, 7) is 0. The fraction of sp³-hybridized carbons (Fsp3) is 0.176. The molecule has 0 aliphatic heterocycles. The molecule has 0 aliphatic rings. The van der Waals surface area contributed by atoms with Crippen molar-refractivity contribution in [3.05, 3.63) is 48.0 Å². The van der Waals surface area contributed by atoms with E-state index in [-0.39, 0.29) is 5.91 Å². The van der Waals surface area contributed by atoms with E-state index in [2.05, 4.69) is 16.0 Å². The third kappa shape index (κ3) is 4.16. The first-order valence-electron chi connectivity index (χ1n) is 7.19. The standard InChI is InChI=1S/C17H19N3O4/c1-18-16(21)11-4-6-12(7-5-11)19-17(22)20-14-9-8-13(23-2)10-15(14)24-3/h4-10H,1-3H3,(H,18,21)(H2,19,20,22). The smallest absolute Gasteiger partial charge is 0.323 e. The zero-order chi connectivity index (χ0) is 17.5. The van der Waals surface area contributed by atoms with Gasteiger partial charge in [0.25, 0.3) is 5.91 Å². The number of hydrogen-bond donors (Lipinski definition) is 3. The third-order valence-corrected chi connectivity index (χ3v) is 3.29. The lowest BCUT2D eigenvalue weighted by Gasteiger charge is -2.12. The predicted molar refractivity (Wildman–Crippen MR) is 92.0 cm³/mol. The average molecular weight is 329 g/mol. The molecule has 0 saturated heterocycles. The second-order valence-electron chi connectivity index (χ2n) is 4.80. The molecule has 0 fully saturated rings. The molecule has 2 rings (SSSR count). The summed E-state index contributed by atoms with van der Waals surface area (Å²) in [7, 11) is 4.62. The fourth-order valence-corrected chi connectivity index (χ4v) is 2.04. The number of amides is 3. The van der Waals surface area contributed by atoms with E-state index in [4.69, 9.17) is 9.47 Å². The van der Waals surface area contributed by atoms with Gasteiger partial charge in [0.2, 0.25) is 0 Å². The van der Waals surface area contributed by atoms with Crippen LogP contribution in [0, 0.1) is 0 Å². The highest BCUT2D eigenvalue weighted by atomic mass is 16.5. The Bertz CT molecular complexity index is 729. The van der Waals surface area contributed by atoms with Crippen LogP contribution in [0.4, 0.5) is 16.2 Å². The third-order valence-electron chi connectivity index (χ3n) is 3.29. The van der Waals surface area contributed by atoms with Crippen LogP contribution in [-0.2, 0) is 0 Å². The summed E-state index contributed by atoms with van der Waals surface area (Å²) in [6.07, 6.45) is 0. The SMILES string of the molecule is CNC(=O)c1ccc(NC(=O)Nc2ccc(OC)cc2OC)cc1. The Morgan fingerprint density at radius 1 is 0.917 bits per heavy atom. The minimum Gasteiger partial charge on any atom is -0.497 e. The van der Waals surface area contributed by atoms with Crippen LogP contribution in [0.2, 0.25) is 0 Å². The van der Waals surface area contributed by atoms with E-state index in [9.17, 15) is 9.59 Å². The van der Waals surface area contributed by atoms with Gasteiger partial charge in [-0.15, -0.1) is 0 Å². The van der Waals surface area contributed by atoms with Gasteiger partial charge in [-0.2, -0.15) is 0 Å². The summed E-state index contributed by atoms with van der Waals surface area (Å²) in [4.78, 5) is 23.6. The van der Waals surface area contributed by atoms with Crippen molar-refractivity contribution in [3.63, 3.8) is 0 Å². The van der Waals surface area contributed by atoms with Crippen molar-refractivity contribution in [2.24, 2.45) is 0 Å². The van der Waals surface area contributed by atoms with Crippen molar-refractivity contribution >= 4 is 23.3 Å². The monoisotopic (exact) mass is 329 g/mol. The van der Waals surface area contributed by atoms with Crippen molar-refractivity contribution in [1.82, 2.24) is 5.32 Å². The van der Waals surface area contributed by atoms with Crippen molar-refractivity contribution in [1.29, 1.82) is 0 Å². The number of nitrogens with one attached hydrogen (secondary N) is 3. The van der Waals surface area contributed by atoms with E-state index in [0.29, 0.717) is 28.4 Å². The summed E-state index contributed by atoms with van der Waals surface area (Å²) in [5.74, 6) is 0.927. The maximum Gasteiger partial charge on any atom is 0.323 e. The molecule has 2 aromatic carbocycles. The summed E-state index contributed by atoms with van der Waals surface area (Å²) >= 11 is 0. The number of anilines is 2. The average Bonchev–Trinajstić information content (AvgIpc) is 2.61. The van der Waals surface area contributed by atoms with Crippen LogP contribution < -0.4 is 25.4 Å². The molecule has 0 aromatic heterocycles. The van der Waals surface area contributed by atoms with Crippen molar-refractivity contribution in [2.75, 3.05) is 31.9 Å². The maximum absolute atomic E-state index is 12.1. The Balaban J connectivity index is 2.04. The summed E-state index contributed by atoms with van der Waals surface area (Å²) in [5, 5.41) is 7.92. The van der Waals surface area contributed by atoms with Crippen LogP contribution in [0.25, 0.3) is 0 Å². The molecule has 0 unspecified atom stereocenters. The molecule has 0 bridgehead atoms. The van der Waals surface area contributed by atoms with Crippen molar-refractivity contribution in [3.8, 4) is 11.5 Å². The Morgan fingerprint density at radius 3 is 2.21 bits per heavy atom. The van der Waals surface area contributed by atoms with Gasteiger partial charge in [-0.25, -0.2) is 4.79 Å². The van der Waals surface area contributed by atoms with Crippen LogP contribution in [0.3, 0.4) is 0 Å². The van der Waals surface area contributed by atoms with Gasteiger partial charge in [0.1, 0.15) is 11.5 Å².